The van der Waals surface area contributed by atoms with Gasteiger partial charge < -0.3 is 9.64 Å². The van der Waals surface area contributed by atoms with E-state index in [-0.39, 0.29) is 11.9 Å². The lowest BCUT2D eigenvalue weighted by Gasteiger charge is -2.17. The number of allylic oxidation sites excluding steroid dienone is 2. The van der Waals surface area contributed by atoms with Crippen LogP contribution in [-0.4, -0.2) is 38.1 Å². The lowest BCUT2D eigenvalue weighted by molar-refractivity contribution is -0.149. The van der Waals surface area contributed by atoms with Crippen molar-refractivity contribution in [2.24, 2.45) is 17.8 Å². The van der Waals surface area contributed by atoms with Crippen LogP contribution in [0.2, 0.25) is 0 Å². The molecule has 0 unspecified atom stereocenters. The minimum atomic E-state index is 0.00806. The lowest BCUT2D eigenvalue weighted by Crippen LogP contribution is -2.25. The average Bonchev–Trinajstić information content (AvgIpc) is 2.77. The Morgan fingerprint density at radius 3 is 2.73 bits per heavy atom. The van der Waals surface area contributed by atoms with Gasteiger partial charge in [0.15, 0.2) is 0 Å². The summed E-state index contributed by atoms with van der Waals surface area (Å²) in [5, 5.41) is 0. The van der Waals surface area contributed by atoms with Crippen molar-refractivity contribution in [3.63, 3.8) is 0 Å². The molecule has 0 radical (unpaired) electrons. The zero-order chi connectivity index (χ0) is 10.8. The van der Waals surface area contributed by atoms with Gasteiger partial charge >= 0.3 is 5.97 Å². The Morgan fingerprint density at radius 1 is 1.40 bits per heavy atom. The molecular weight excluding hydrogens is 190 g/mol. The summed E-state index contributed by atoms with van der Waals surface area (Å²) in [5.41, 5.74) is 0. The molecular formula is C12H19NO2. The van der Waals surface area contributed by atoms with E-state index in [0.29, 0.717) is 18.4 Å². The van der Waals surface area contributed by atoms with Crippen molar-refractivity contribution in [3.05, 3.63) is 12.2 Å². The third-order valence-corrected chi connectivity index (χ3v) is 3.36. The number of hydrogen-bond acceptors (Lipinski definition) is 3. The highest BCUT2D eigenvalue weighted by atomic mass is 16.5. The number of fused-ring (bicyclic) bond motifs is 2. The van der Waals surface area contributed by atoms with E-state index < -0.39 is 0 Å². The van der Waals surface area contributed by atoms with Crippen LogP contribution in [0.15, 0.2) is 12.2 Å². The number of nitrogens with zero attached hydrogens (tertiary/aromatic N) is 1. The maximum absolute atomic E-state index is 11.7. The molecule has 1 saturated carbocycles. The Morgan fingerprint density at radius 2 is 2.20 bits per heavy atom. The van der Waals surface area contributed by atoms with Gasteiger partial charge in [-0.05, 0) is 38.8 Å². The Labute approximate surface area is 91.1 Å². The highest BCUT2D eigenvalue weighted by Gasteiger charge is 2.40. The molecule has 0 aromatic rings. The van der Waals surface area contributed by atoms with E-state index in [1.807, 2.05) is 19.0 Å². The van der Waals surface area contributed by atoms with Gasteiger partial charge in [0.2, 0.25) is 0 Å². The third kappa shape index (κ3) is 2.40. The summed E-state index contributed by atoms with van der Waals surface area (Å²) >= 11 is 0. The molecule has 0 spiro atoms. The normalized spacial score (nSPS) is 32.6. The smallest absolute Gasteiger partial charge is 0.309 e. The summed E-state index contributed by atoms with van der Waals surface area (Å²) in [6, 6.07) is 0. The van der Waals surface area contributed by atoms with Crippen molar-refractivity contribution in [2.45, 2.75) is 12.8 Å². The first kappa shape index (κ1) is 10.7. The first-order valence-corrected chi connectivity index (χ1v) is 5.66. The molecule has 2 rings (SSSR count). The van der Waals surface area contributed by atoms with Crippen molar-refractivity contribution < 1.29 is 9.53 Å². The van der Waals surface area contributed by atoms with Gasteiger partial charge in [0.1, 0.15) is 6.61 Å². The minimum absolute atomic E-state index is 0.00806. The summed E-state index contributed by atoms with van der Waals surface area (Å²) < 4.78 is 5.27. The van der Waals surface area contributed by atoms with Crippen molar-refractivity contribution in [3.8, 4) is 0 Å². The van der Waals surface area contributed by atoms with Crippen LogP contribution in [0.4, 0.5) is 0 Å². The summed E-state index contributed by atoms with van der Waals surface area (Å²) in [6.07, 6.45) is 6.59. The molecule has 3 atom stereocenters. The van der Waals surface area contributed by atoms with Crippen LogP contribution in [-0.2, 0) is 9.53 Å². The van der Waals surface area contributed by atoms with E-state index in [1.165, 1.54) is 0 Å². The largest absolute Gasteiger partial charge is 0.464 e. The van der Waals surface area contributed by atoms with E-state index in [0.717, 1.165) is 19.4 Å². The summed E-state index contributed by atoms with van der Waals surface area (Å²) in [7, 11) is 3.96. The quantitative estimate of drug-likeness (QED) is 0.516. The number of likely N-dealkylation sites (N-methyl/N-ethyl adjacent to an activating group) is 1. The maximum atomic E-state index is 11.7. The van der Waals surface area contributed by atoms with Crippen LogP contribution in [0.5, 0.6) is 0 Å². The third-order valence-electron chi connectivity index (χ3n) is 3.36. The second-order valence-corrected chi connectivity index (χ2v) is 4.86. The monoisotopic (exact) mass is 209 g/mol. The molecule has 1 fully saturated rings. The molecule has 15 heavy (non-hydrogen) atoms. The molecule has 2 aliphatic carbocycles. The number of carbonyl (C=O) groups excluding carboxylic acids is 1. The van der Waals surface area contributed by atoms with Crippen LogP contribution in [0.3, 0.4) is 0 Å². The van der Waals surface area contributed by atoms with Gasteiger partial charge in [0.05, 0.1) is 5.92 Å². The molecule has 84 valence electrons. The zero-order valence-electron chi connectivity index (χ0n) is 9.48. The Balaban J connectivity index is 1.75. The van der Waals surface area contributed by atoms with Gasteiger partial charge in [-0.15, -0.1) is 0 Å². The van der Waals surface area contributed by atoms with E-state index >= 15 is 0 Å². The maximum Gasteiger partial charge on any atom is 0.309 e. The molecule has 0 aromatic heterocycles. The summed E-state index contributed by atoms with van der Waals surface area (Å²) in [4.78, 5) is 13.8. The van der Waals surface area contributed by atoms with Crippen LogP contribution in [0.1, 0.15) is 12.8 Å². The first-order chi connectivity index (χ1) is 7.16. The predicted octanol–water partition coefficient (Wildman–Crippen LogP) is 1.30. The average molecular weight is 209 g/mol. The highest BCUT2D eigenvalue weighted by molar-refractivity contribution is 5.74. The summed E-state index contributed by atoms with van der Waals surface area (Å²) in [6.45, 7) is 1.33. The fraction of sp³-hybridized carbons (Fsp3) is 0.750. The topological polar surface area (TPSA) is 29.5 Å². The van der Waals surface area contributed by atoms with Gasteiger partial charge in [-0.1, -0.05) is 12.2 Å². The molecule has 2 aliphatic rings. The van der Waals surface area contributed by atoms with E-state index in [4.69, 9.17) is 4.74 Å². The van der Waals surface area contributed by atoms with Gasteiger partial charge in [-0.2, -0.15) is 0 Å². The van der Waals surface area contributed by atoms with E-state index in [9.17, 15) is 4.79 Å². The number of esters is 1. The fourth-order valence-corrected chi connectivity index (χ4v) is 2.49. The van der Waals surface area contributed by atoms with Crippen molar-refractivity contribution >= 4 is 5.97 Å². The zero-order valence-corrected chi connectivity index (χ0v) is 9.48. The number of hydrogen-bond donors (Lipinski definition) is 0. The first-order valence-electron chi connectivity index (χ1n) is 5.66. The van der Waals surface area contributed by atoms with Gasteiger partial charge in [-0.25, -0.2) is 0 Å². The number of carbonyl (C=O) groups is 1. The standard InChI is InChI=1S/C12H19NO2/c1-13(2)5-6-15-12(14)11-8-9-3-4-10(11)7-9/h3-4,9-11H,5-8H2,1-2H3/t9-,10-,11-/m0/s1. The van der Waals surface area contributed by atoms with Gasteiger partial charge in [0, 0.05) is 6.54 Å². The SMILES string of the molecule is CN(C)CCOC(=O)[C@H]1C[C@H]2C=C[C@H]1C2. The van der Waals surface area contributed by atoms with Crippen molar-refractivity contribution in [1.29, 1.82) is 0 Å². The van der Waals surface area contributed by atoms with Gasteiger partial charge in [0.25, 0.3) is 0 Å². The minimum Gasteiger partial charge on any atom is -0.464 e. The fourth-order valence-electron chi connectivity index (χ4n) is 2.49. The molecule has 2 bridgehead atoms. The Hall–Kier alpha value is -0.830. The van der Waals surface area contributed by atoms with Crippen molar-refractivity contribution in [2.75, 3.05) is 27.2 Å². The van der Waals surface area contributed by atoms with Crippen molar-refractivity contribution in [1.82, 2.24) is 4.90 Å². The molecule has 0 aromatic carbocycles. The lowest BCUT2D eigenvalue weighted by atomic mass is 9.94. The number of rotatable bonds is 4. The van der Waals surface area contributed by atoms with E-state index in [2.05, 4.69) is 12.2 Å². The molecule has 0 heterocycles. The molecule has 3 nitrogen and oxygen atoms in total. The van der Waals surface area contributed by atoms with Crippen LogP contribution < -0.4 is 0 Å². The summed E-state index contributed by atoms with van der Waals surface area (Å²) in [5.74, 6) is 1.25. The molecule has 0 saturated heterocycles. The van der Waals surface area contributed by atoms with Crippen LogP contribution in [0, 0.1) is 17.8 Å². The second kappa shape index (κ2) is 4.35. The molecule has 0 amide bonds. The molecule has 3 heteroatoms. The van der Waals surface area contributed by atoms with Gasteiger partial charge in [-0.3, -0.25) is 4.79 Å². The van der Waals surface area contributed by atoms with E-state index in [1.54, 1.807) is 0 Å². The Kier molecular flexibility index (Phi) is 3.10. The number of ether oxygens (including phenoxy) is 1. The molecule has 0 aliphatic heterocycles. The highest BCUT2D eigenvalue weighted by Crippen LogP contribution is 2.43. The van der Waals surface area contributed by atoms with Crippen LogP contribution in [0.25, 0.3) is 0 Å². The van der Waals surface area contributed by atoms with Crippen LogP contribution >= 0.6 is 0 Å². The predicted molar refractivity (Wildman–Crippen MR) is 58.4 cm³/mol. The second-order valence-electron chi connectivity index (χ2n) is 4.86. The Bertz CT molecular complexity index is 273. The molecule has 0 N–H and O–H groups in total.